The summed E-state index contributed by atoms with van der Waals surface area (Å²) in [6.07, 6.45) is 2.85. The molecule has 0 aliphatic heterocycles. The van der Waals surface area contributed by atoms with Crippen molar-refractivity contribution < 1.29 is 14.7 Å². The molecule has 0 radical (unpaired) electrons. The van der Waals surface area contributed by atoms with Gasteiger partial charge in [-0.05, 0) is 12.8 Å². The van der Waals surface area contributed by atoms with Gasteiger partial charge < -0.3 is 5.11 Å². The van der Waals surface area contributed by atoms with Crippen molar-refractivity contribution in [1.82, 2.24) is 25.8 Å². The fourth-order valence-electron chi connectivity index (χ4n) is 1.13. The van der Waals surface area contributed by atoms with Gasteiger partial charge in [-0.3, -0.25) is 20.4 Å². The molecular weight excluding hydrogens is 226 g/mol. The Kier molecular flexibility index (Phi) is 5.08. The van der Waals surface area contributed by atoms with Gasteiger partial charge in [-0.15, -0.1) is 5.10 Å². The van der Waals surface area contributed by atoms with E-state index in [1.165, 1.54) is 11.6 Å². The van der Waals surface area contributed by atoms with E-state index < -0.39 is 0 Å². The number of aliphatic hydroxyl groups excluding tert-OH is 1. The number of aryl methyl sites for hydroxylation is 1. The number of carbonyl (C=O) groups excluding carboxylic acids is 2. The van der Waals surface area contributed by atoms with Crippen LogP contribution < -0.4 is 10.9 Å². The van der Waals surface area contributed by atoms with Crippen molar-refractivity contribution in [3.8, 4) is 0 Å². The summed E-state index contributed by atoms with van der Waals surface area (Å²) in [6, 6.07) is 0. The minimum atomic E-state index is -0.390. The molecule has 0 saturated heterocycles. The van der Waals surface area contributed by atoms with Gasteiger partial charge in [0.05, 0.1) is 5.69 Å². The van der Waals surface area contributed by atoms with Gasteiger partial charge in [-0.2, -0.15) is 0 Å². The van der Waals surface area contributed by atoms with E-state index in [1.807, 2.05) is 0 Å². The Bertz CT molecular complexity index is 390. The molecule has 8 heteroatoms. The SMILES string of the molecule is CC(=O)NNC(=O)Cn1cc(CCCO)nn1. The molecule has 0 spiro atoms. The predicted octanol–water partition coefficient (Wildman–Crippen LogP) is -1.63. The number of hydrogen-bond acceptors (Lipinski definition) is 5. The molecule has 0 aromatic carbocycles. The average Bonchev–Trinajstić information content (AvgIpc) is 2.71. The van der Waals surface area contributed by atoms with Crippen LogP contribution in [0, 0.1) is 0 Å². The first-order chi connectivity index (χ1) is 8.11. The minimum Gasteiger partial charge on any atom is -0.396 e. The molecule has 0 atom stereocenters. The maximum absolute atomic E-state index is 11.3. The van der Waals surface area contributed by atoms with Crippen LogP contribution in [0.2, 0.25) is 0 Å². The fourth-order valence-corrected chi connectivity index (χ4v) is 1.13. The zero-order valence-electron chi connectivity index (χ0n) is 9.51. The molecule has 0 fully saturated rings. The first-order valence-corrected chi connectivity index (χ1v) is 5.17. The smallest absolute Gasteiger partial charge is 0.260 e. The molecule has 0 saturated carbocycles. The van der Waals surface area contributed by atoms with Crippen LogP contribution in [0.4, 0.5) is 0 Å². The lowest BCUT2D eigenvalue weighted by molar-refractivity contribution is -0.128. The highest BCUT2D eigenvalue weighted by atomic mass is 16.3. The molecule has 1 rings (SSSR count). The molecule has 0 aliphatic rings. The second kappa shape index (κ2) is 6.59. The lowest BCUT2D eigenvalue weighted by atomic mass is 10.3. The number of nitrogens with one attached hydrogen (secondary N) is 2. The van der Waals surface area contributed by atoms with Crippen LogP contribution in [0.25, 0.3) is 0 Å². The fraction of sp³-hybridized carbons (Fsp3) is 0.556. The molecule has 0 bridgehead atoms. The maximum Gasteiger partial charge on any atom is 0.260 e. The number of amides is 2. The summed E-state index contributed by atoms with van der Waals surface area (Å²) in [5, 5.41) is 16.2. The Labute approximate surface area is 98.0 Å². The van der Waals surface area contributed by atoms with E-state index in [-0.39, 0.29) is 25.0 Å². The van der Waals surface area contributed by atoms with Crippen molar-refractivity contribution in [1.29, 1.82) is 0 Å². The molecule has 1 heterocycles. The third-order valence-corrected chi connectivity index (χ3v) is 1.86. The molecule has 8 nitrogen and oxygen atoms in total. The molecule has 94 valence electrons. The zero-order valence-corrected chi connectivity index (χ0v) is 9.51. The molecule has 0 unspecified atom stereocenters. The largest absolute Gasteiger partial charge is 0.396 e. The van der Waals surface area contributed by atoms with Crippen molar-refractivity contribution >= 4 is 11.8 Å². The molecular formula is C9H15N5O3. The van der Waals surface area contributed by atoms with Gasteiger partial charge in [-0.25, -0.2) is 4.68 Å². The molecule has 1 aromatic heterocycles. The first kappa shape index (κ1) is 13.1. The number of aliphatic hydroxyl groups is 1. The zero-order chi connectivity index (χ0) is 12.7. The lowest BCUT2D eigenvalue weighted by Crippen LogP contribution is -2.42. The van der Waals surface area contributed by atoms with Crippen molar-refractivity contribution in [3.05, 3.63) is 11.9 Å². The van der Waals surface area contributed by atoms with Crippen LogP contribution in [-0.4, -0.2) is 38.5 Å². The van der Waals surface area contributed by atoms with Crippen LogP contribution in [0.1, 0.15) is 19.0 Å². The van der Waals surface area contributed by atoms with Gasteiger partial charge in [0, 0.05) is 19.7 Å². The van der Waals surface area contributed by atoms with Crippen LogP contribution in [-0.2, 0) is 22.6 Å². The Hall–Kier alpha value is -1.96. The second-order valence-electron chi connectivity index (χ2n) is 3.46. The Morgan fingerprint density at radius 2 is 2.24 bits per heavy atom. The highest BCUT2D eigenvalue weighted by Gasteiger charge is 2.05. The summed E-state index contributed by atoms with van der Waals surface area (Å²) in [5.41, 5.74) is 5.10. The van der Waals surface area contributed by atoms with E-state index in [1.54, 1.807) is 6.20 Å². The number of hydrazine groups is 1. The van der Waals surface area contributed by atoms with Gasteiger partial charge in [-0.1, -0.05) is 5.21 Å². The standard InChI is InChI=1S/C9H15N5O3/c1-7(16)10-12-9(17)6-14-5-8(11-13-14)3-2-4-15/h5,15H,2-4,6H2,1H3,(H,10,16)(H,12,17). The number of hydrogen-bond donors (Lipinski definition) is 3. The van der Waals surface area contributed by atoms with E-state index in [4.69, 9.17) is 5.11 Å². The molecule has 0 aliphatic carbocycles. The van der Waals surface area contributed by atoms with E-state index in [0.717, 1.165) is 0 Å². The number of carbonyl (C=O) groups is 2. The maximum atomic E-state index is 11.3. The highest BCUT2D eigenvalue weighted by Crippen LogP contribution is 1.97. The summed E-state index contributed by atoms with van der Waals surface area (Å²) < 4.78 is 1.36. The van der Waals surface area contributed by atoms with Gasteiger partial charge in [0.1, 0.15) is 6.54 Å². The quantitative estimate of drug-likeness (QED) is 0.536. The summed E-state index contributed by atoms with van der Waals surface area (Å²) in [5.74, 6) is -0.737. The first-order valence-electron chi connectivity index (χ1n) is 5.17. The average molecular weight is 241 g/mol. The van der Waals surface area contributed by atoms with Gasteiger partial charge in [0.25, 0.3) is 5.91 Å². The number of nitrogens with zero attached hydrogens (tertiary/aromatic N) is 3. The lowest BCUT2D eigenvalue weighted by Gasteiger charge is -2.03. The number of rotatable bonds is 5. The Balaban J connectivity index is 2.37. The monoisotopic (exact) mass is 241 g/mol. The van der Waals surface area contributed by atoms with E-state index in [2.05, 4.69) is 21.2 Å². The summed E-state index contributed by atoms with van der Waals surface area (Å²) in [7, 11) is 0. The van der Waals surface area contributed by atoms with Gasteiger partial charge >= 0.3 is 0 Å². The minimum absolute atomic E-state index is 0.0214. The summed E-state index contributed by atoms with van der Waals surface area (Å²) >= 11 is 0. The third kappa shape index (κ3) is 5.07. The van der Waals surface area contributed by atoms with Crippen LogP contribution in [0.3, 0.4) is 0 Å². The Morgan fingerprint density at radius 1 is 1.47 bits per heavy atom. The van der Waals surface area contributed by atoms with Crippen LogP contribution >= 0.6 is 0 Å². The summed E-state index contributed by atoms with van der Waals surface area (Å²) in [4.78, 5) is 21.8. The molecule has 2 amide bonds. The van der Waals surface area contributed by atoms with Crippen molar-refractivity contribution in [3.63, 3.8) is 0 Å². The predicted molar refractivity (Wildman–Crippen MR) is 57.4 cm³/mol. The molecule has 3 N–H and O–H groups in total. The number of aromatic nitrogens is 3. The third-order valence-electron chi connectivity index (χ3n) is 1.86. The highest BCUT2D eigenvalue weighted by molar-refractivity contribution is 5.80. The second-order valence-corrected chi connectivity index (χ2v) is 3.46. The van der Waals surface area contributed by atoms with Crippen LogP contribution in [0.15, 0.2) is 6.20 Å². The van der Waals surface area contributed by atoms with Gasteiger partial charge in [0.15, 0.2) is 0 Å². The van der Waals surface area contributed by atoms with E-state index in [9.17, 15) is 9.59 Å². The Morgan fingerprint density at radius 3 is 2.88 bits per heavy atom. The van der Waals surface area contributed by atoms with Gasteiger partial charge in [0.2, 0.25) is 5.91 Å². The van der Waals surface area contributed by atoms with E-state index >= 15 is 0 Å². The van der Waals surface area contributed by atoms with Crippen molar-refractivity contribution in [2.24, 2.45) is 0 Å². The molecule has 1 aromatic rings. The normalized spacial score (nSPS) is 10.0. The van der Waals surface area contributed by atoms with Crippen LogP contribution in [0.5, 0.6) is 0 Å². The van der Waals surface area contributed by atoms with Crippen molar-refractivity contribution in [2.45, 2.75) is 26.3 Å². The summed E-state index contributed by atoms with van der Waals surface area (Å²) in [6.45, 7) is 1.37. The van der Waals surface area contributed by atoms with Crippen molar-refractivity contribution in [2.75, 3.05) is 6.61 Å². The van der Waals surface area contributed by atoms with E-state index in [0.29, 0.717) is 18.5 Å². The topological polar surface area (TPSA) is 109 Å². The molecule has 17 heavy (non-hydrogen) atoms.